The fourth-order valence-electron chi connectivity index (χ4n) is 1.77. The number of hydrogen-bond acceptors (Lipinski definition) is 3. The minimum absolute atomic E-state index is 0.0942. The molecule has 0 spiro atoms. The van der Waals surface area contributed by atoms with E-state index in [1.807, 2.05) is 18.2 Å². The van der Waals surface area contributed by atoms with Crippen molar-refractivity contribution in [3.8, 4) is 5.75 Å². The smallest absolute Gasteiger partial charge is 0.166 e. The molecule has 2 aromatic rings. The quantitative estimate of drug-likeness (QED) is 0.775. The van der Waals surface area contributed by atoms with Crippen LogP contribution in [-0.2, 0) is 6.42 Å². The van der Waals surface area contributed by atoms with Crippen LogP contribution in [0.3, 0.4) is 0 Å². The maximum Gasteiger partial charge on any atom is 0.166 e. The highest BCUT2D eigenvalue weighted by atomic mass is 19.1. The maximum absolute atomic E-state index is 13.7. The number of methoxy groups -OCH3 is 1. The molecular formula is C15H14FNO2. The summed E-state index contributed by atoms with van der Waals surface area (Å²) in [6.45, 7) is 0. The molecule has 0 unspecified atom stereocenters. The highest BCUT2D eigenvalue weighted by Crippen LogP contribution is 2.18. The van der Waals surface area contributed by atoms with Crippen LogP contribution >= 0.6 is 0 Å². The lowest BCUT2D eigenvalue weighted by molar-refractivity contribution is 0.0978. The van der Waals surface area contributed by atoms with Gasteiger partial charge in [-0.1, -0.05) is 6.07 Å². The molecule has 0 saturated carbocycles. The highest BCUT2D eigenvalue weighted by Gasteiger charge is 2.12. The van der Waals surface area contributed by atoms with Crippen LogP contribution in [0.2, 0.25) is 0 Å². The van der Waals surface area contributed by atoms with E-state index in [1.165, 1.54) is 19.2 Å². The molecule has 0 amide bonds. The van der Waals surface area contributed by atoms with Crippen LogP contribution in [0.25, 0.3) is 0 Å². The molecule has 4 heteroatoms. The van der Waals surface area contributed by atoms with Gasteiger partial charge in [0.25, 0.3) is 0 Å². The number of pyridine rings is 1. The number of aromatic nitrogens is 1. The van der Waals surface area contributed by atoms with Gasteiger partial charge in [0.15, 0.2) is 5.78 Å². The summed E-state index contributed by atoms with van der Waals surface area (Å²) in [5.74, 6) is -0.380. The molecule has 0 aliphatic heterocycles. The molecule has 3 nitrogen and oxygen atoms in total. The van der Waals surface area contributed by atoms with Crippen LogP contribution in [0.15, 0.2) is 42.6 Å². The molecule has 0 aliphatic rings. The first-order valence-corrected chi connectivity index (χ1v) is 5.97. The standard InChI is InChI=1S/C15H14FNO2/c1-19-12-6-7-13(14(16)10-12)15(18)8-5-11-4-2-3-9-17-11/h2-4,6-7,9-10H,5,8H2,1H3. The highest BCUT2D eigenvalue weighted by molar-refractivity contribution is 5.96. The van der Waals surface area contributed by atoms with Crippen molar-refractivity contribution in [2.45, 2.75) is 12.8 Å². The molecule has 19 heavy (non-hydrogen) atoms. The van der Waals surface area contributed by atoms with Crippen molar-refractivity contribution in [3.05, 3.63) is 59.7 Å². The van der Waals surface area contributed by atoms with E-state index in [9.17, 15) is 9.18 Å². The average molecular weight is 259 g/mol. The number of Topliss-reactive ketones (excluding diaryl/α,β-unsaturated/α-hetero) is 1. The van der Waals surface area contributed by atoms with Gasteiger partial charge in [-0.15, -0.1) is 0 Å². The van der Waals surface area contributed by atoms with Gasteiger partial charge in [-0.05, 0) is 30.7 Å². The van der Waals surface area contributed by atoms with Gasteiger partial charge in [-0.3, -0.25) is 9.78 Å². The molecule has 0 bridgehead atoms. The van der Waals surface area contributed by atoms with Crippen molar-refractivity contribution in [3.63, 3.8) is 0 Å². The normalized spacial score (nSPS) is 10.2. The minimum Gasteiger partial charge on any atom is -0.497 e. The topological polar surface area (TPSA) is 39.2 Å². The van der Waals surface area contributed by atoms with E-state index in [4.69, 9.17) is 4.74 Å². The van der Waals surface area contributed by atoms with Gasteiger partial charge in [0.2, 0.25) is 0 Å². The molecular weight excluding hydrogens is 245 g/mol. The van der Waals surface area contributed by atoms with Gasteiger partial charge in [0, 0.05) is 24.4 Å². The Morgan fingerprint density at radius 1 is 1.32 bits per heavy atom. The molecule has 0 saturated heterocycles. The number of benzene rings is 1. The zero-order valence-corrected chi connectivity index (χ0v) is 10.6. The monoisotopic (exact) mass is 259 g/mol. The Balaban J connectivity index is 2.04. The van der Waals surface area contributed by atoms with Crippen LogP contribution in [-0.4, -0.2) is 17.9 Å². The van der Waals surface area contributed by atoms with Crippen molar-refractivity contribution in [2.24, 2.45) is 0 Å². The van der Waals surface area contributed by atoms with Gasteiger partial charge in [-0.25, -0.2) is 4.39 Å². The maximum atomic E-state index is 13.7. The summed E-state index contributed by atoms with van der Waals surface area (Å²) in [6.07, 6.45) is 2.42. The van der Waals surface area contributed by atoms with Gasteiger partial charge in [-0.2, -0.15) is 0 Å². The molecule has 0 aliphatic carbocycles. The number of carbonyl (C=O) groups excluding carboxylic acids is 1. The predicted molar refractivity (Wildman–Crippen MR) is 69.8 cm³/mol. The Morgan fingerprint density at radius 2 is 2.16 bits per heavy atom. The van der Waals surface area contributed by atoms with Crippen molar-refractivity contribution in [1.82, 2.24) is 4.98 Å². The van der Waals surface area contributed by atoms with E-state index in [2.05, 4.69) is 4.98 Å². The summed E-state index contributed by atoms with van der Waals surface area (Å²) in [5, 5.41) is 0. The second-order valence-electron chi connectivity index (χ2n) is 4.09. The number of aryl methyl sites for hydroxylation is 1. The van der Waals surface area contributed by atoms with E-state index in [0.29, 0.717) is 12.2 Å². The van der Waals surface area contributed by atoms with E-state index in [1.54, 1.807) is 12.3 Å². The van der Waals surface area contributed by atoms with Gasteiger partial charge in [0.05, 0.1) is 12.7 Å². The molecule has 0 atom stereocenters. The van der Waals surface area contributed by atoms with E-state index < -0.39 is 5.82 Å². The number of rotatable bonds is 5. The Morgan fingerprint density at radius 3 is 2.79 bits per heavy atom. The second kappa shape index (κ2) is 6.09. The minimum atomic E-state index is -0.551. The Bertz CT molecular complexity index is 570. The molecule has 0 radical (unpaired) electrons. The van der Waals surface area contributed by atoms with Crippen LogP contribution in [0, 0.1) is 5.82 Å². The van der Waals surface area contributed by atoms with Crippen molar-refractivity contribution < 1.29 is 13.9 Å². The average Bonchev–Trinajstić information content (AvgIpc) is 2.45. The van der Waals surface area contributed by atoms with E-state index >= 15 is 0 Å². The molecule has 0 fully saturated rings. The van der Waals surface area contributed by atoms with Crippen LogP contribution in [0.1, 0.15) is 22.5 Å². The van der Waals surface area contributed by atoms with Crippen LogP contribution < -0.4 is 4.74 Å². The number of nitrogens with zero attached hydrogens (tertiary/aromatic N) is 1. The summed E-state index contributed by atoms with van der Waals surface area (Å²) in [7, 11) is 1.46. The van der Waals surface area contributed by atoms with E-state index in [-0.39, 0.29) is 17.8 Å². The van der Waals surface area contributed by atoms with Gasteiger partial charge < -0.3 is 4.74 Å². The summed E-state index contributed by atoms with van der Waals surface area (Å²) in [5.41, 5.74) is 0.918. The summed E-state index contributed by atoms with van der Waals surface area (Å²) < 4.78 is 18.6. The fourth-order valence-corrected chi connectivity index (χ4v) is 1.77. The zero-order chi connectivity index (χ0) is 13.7. The number of hydrogen-bond donors (Lipinski definition) is 0. The first-order chi connectivity index (χ1) is 9.20. The SMILES string of the molecule is COc1ccc(C(=O)CCc2ccccn2)c(F)c1. The molecule has 2 rings (SSSR count). The van der Waals surface area contributed by atoms with Crippen LogP contribution in [0.5, 0.6) is 5.75 Å². The van der Waals surface area contributed by atoms with Crippen LogP contribution in [0.4, 0.5) is 4.39 Å². The first kappa shape index (κ1) is 13.2. The third-order valence-corrected chi connectivity index (χ3v) is 2.81. The molecule has 1 aromatic carbocycles. The summed E-state index contributed by atoms with van der Waals surface area (Å²) in [4.78, 5) is 16.1. The van der Waals surface area contributed by atoms with Gasteiger partial charge in [0.1, 0.15) is 11.6 Å². The lowest BCUT2D eigenvalue weighted by Crippen LogP contribution is -2.05. The third kappa shape index (κ3) is 3.37. The lowest BCUT2D eigenvalue weighted by atomic mass is 10.0. The number of halogens is 1. The molecule has 1 heterocycles. The summed E-state index contributed by atoms with van der Waals surface area (Å²) >= 11 is 0. The lowest BCUT2D eigenvalue weighted by Gasteiger charge is -2.05. The van der Waals surface area contributed by atoms with Gasteiger partial charge >= 0.3 is 0 Å². The fraction of sp³-hybridized carbons (Fsp3) is 0.200. The number of carbonyl (C=O) groups is 1. The second-order valence-corrected chi connectivity index (χ2v) is 4.09. The number of ketones is 1. The number of ether oxygens (including phenoxy) is 1. The van der Waals surface area contributed by atoms with Crippen molar-refractivity contribution >= 4 is 5.78 Å². The van der Waals surface area contributed by atoms with Crippen molar-refractivity contribution in [1.29, 1.82) is 0 Å². The van der Waals surface area contributed by atoms with Crippen molar-refractivity contribution in [2.75, 3.05) is 7.11 Å². The molecule has 1 aromatic heterocycles. The molecule has 98 valence electrons. The molecule has 0 N–H and O–H groups in total. The Hall–Kier alpha value is -2.23. The third-order valence-electron chi connectivity index (χ3n) is 2.81. The summed E-state index contributed by atoms with van der Waals surface area (Å²) in [6, 6.07) is 9.77. The van der Waals surface area contributed by atoms with E-state index in [0.717, 1.165) is 5.69 Å². The Labute approximate surface area is 111 Å². The first-order valence-electron chi connectivity index (χ1n) is 5.97. The predicted octanol–water partition coefficient (Wildman–Crippen LogP) is 3.04. The largest absolute Gasteiger partial charge is 0.497 e. The Kier molecular flexibility index (Phi) is 4.23. The zero-order valence-electron chi connectivity index (χ0n) is 10.6.